The first kappa shape index (κ1) is 15.3. The number of rotatable bonds is 3. The molecule has 0 atom stereocenters. The molecule has 0 unspecified atom stereocenters. The van der Waals surface area contributed by atoms with Crippen molar-refractivity contribution in [2.75, 3.05) is 19.3 Å². The van der Waals surface area contributed by atoms with Gasteiger partial charge in [0, 0.05) is 26.3 Å². The summed E-state index contributed by atoms with van der Waals surface area (Å²) in [5.74, 6) is 0.0493. The molecule has 0 aromatic carbocycles. The van der Waals surface area contributed by atoms with Crippen LogP contribution in [0, 0.1) is 6.92 Å². The van der Waals surface area contributed by atoms with Gasteiger partial charge in [0.05, 0.1) is 21.0 Å². The van der Waals surface area contributed by atoms with Gasteiger partial charge in [-0.3, -0.25) is 9.48 Å². The first-order chi connectivity index (χ1) is 9.39. The number of nitrogens with zero attached hydrogens (tertiary/aromatic N) is 3. The molecule has 1 aliphatic heterocycles. The zero-order chi connectivity index (χ0) is 14.9. The van der Waals surface area contributed by atoms with Crippen molar-refractivity contribution in [2.24, 2.45) is 12.8 Å². The maximum Gasteiger partial charge on any atom is 0.257 e. The summed E-state index contributed by atoms with van der Waals surface area (Å²) in [6.45, 7) is 3.23. The summed E-state index contributed by atoms with van der Waals surface area (Å²) in [5, 5.41) is 4.22. The number of likely N-dealkylation sites (tertiary alicyclic amines) is 1. The minimum Gasteiger partial charge on any atom is -0.392 e. The standard InChI is InChI=1S/C13H20N4OS2/c1-9-10(8-16(2)15-9)11(18)17-6-4-13(20-3,5-7-17)12(14)19/h8H,4-7H2,1-3H3,(H2,14,19). The Balaban J connectivity index is 2.09. The van der Waals surface area contributed by atoms with Crippen LogP contribution < -0.4 is 5.73 Å². The van der Waals surface area contributed by atoms with E-state index in [1.54, 1.807) is 22.6 Å². The van der Waals surface area contributed by atoms with E-state index in [-0.39, 0.29) is 10.7 Å². The summed E-state index contributed by atoms with van der Waals surface area (Å²) in [4.78, 5) is 14.9. The van der Waals surface area contributed by atoms with Crippen molar-refractivity contribution in [2.45, 2.75) is 24.5 Å². The van der Waals surface area contributed by atoms with Gasteiger partial charge in [0.25, 0.3) is 5.91 Å². The van der Waals surface area contributed by atoms with Crippen molar-refractivity contribution in [1.82, 2.24) is 14.7 Å². The molecule has 0 saturated carbocycles. The van der Waals surface area contributed by atoms with E-state index in [2.05, 4.69) is 5.10 Å². The van der Waals surface area contributed by atoms with Crippen molar-refractivity contribution in [3.8, 4) is 0 Å². The summed E-state index contributed by atoms with van der Waals surface area (Å²) < 4.78 is 1.52. The van der Waals surface area contributed by atoms with Gasteiger partial charge in [0.15, 0.2) is 0 Å². The van der Waals surface area contributed by atoms with E-state index in [9.17, 15) is 4.79 Å². The Bertz CT molecular complexity index is 532. The Kier molecular flexibility index (Phi) is 4.39. The number of hydrogen-bond donors (Lipinski definition) is 1. The van der Waals surface area contributed by atoms with Gasteiger partial charge in [0.2, 0.25) is 0 Å². The van der Waals surface area contributed by atoms with E-state index in [4.69, 9.17) is 18.0 Å². The van der Waals surface area contributed by atoms with Gasteiger partial charge >= 0.3 is 0 Å². The Morgan fingerprint density at radius 1 is 1.50 bits per heavy atom. The predicted molar refractivity (Wildman–Crippen MR) is 86.1 cm³/mol. The van der Waals surface area contributed by atoms with Crippen LogP contribution in [0.5, 0.6) is 0 Å². The van der Waals surface area contributed by atoms with Crippen LogP contribution in [0.4, 0.5) is 0 Å². The van der Waals surface area contributed by atoms with E-state index in [0.717, 1.165) is 18.5 Å². The van der Waals surface area contributed by atoms with E-state index in [1.165, 1.54) is 0 Å². The number of hydrogen-bond acceptors (Lipinski definition) is 4. The first-order valence-electron chi connectivity index (χ1n) is 6.54. The number of amides is 1. The highest BCUT2D eigenvalue weighted by Crippen LogP contribution is 2.35. The van der Waals surface area contributed by atoms with Gasteiger partial charge in [-0.1, -0.05) is 12.2 Å². The zero-order valence-corrected chi connectivity index (χ0v) is 13.7. The quantitative estimate of drug-likeness (QED) is 0.854. The number of piperidine rings is 1. The lowest BCUT2D eigenvalue weighted by Crippen LogP contribution is -2.50. The number of thiocarbonyl (C=S) groups is 1. The van der Waals surface area contributed by atoms with E-state index >= 15 is 0 Å². The molecular weight excluding hydrogens is 292 g/mol. The Morgan fingerprint density at radius 2 is 2.10 bits per heavy atom. The van der Waals surface area contributed by atoms with Crippen molar-refractivity contribution >= 4 is 34.9 Å². The third-order valence-corrected chi connectivity index (χ3v) is 5.87. The molecule has 1 aliphatic rings. The molecule has 1 fully saturated rings. The lowest BCUT2D eigenvalue weighted by molar-refractivity contribution is 0.0718. The SMILES string of the molecule is CSC1(C(N)=S)CCN(C(=O)c2cn(C)nc2C)CC1. The molecule has 0 bridgehead atoms. The second-order valence-electron chi connectivity index (χ2n) is 5.16. The fourth-order valence-corrected chi connectivity index (χ4v) is 3.85. The highest BCUT2D eigenvalue weighted by Gasteiger charge is 2.38. The van der Waals surface area contributed by atoms with Crippen LogP contribution in [0.3, 0.4) is 0 Å². The number of nitrogens with two attached hydrogens (primary N) is 1. The molecule has 2 N–H and O–H groups in total. The molecule has 1 saturated heterocycles. The van der Waals surface area contributed by atoms with Crippen molar-refractivity contribution < 1.29 is 4.79 Å². The summed E-state index contributed by atoms with van der Waals surface area (Å²) in [6, 6.07) is 0. The average molecular weight is 312 g/mol. The van der Waals surface area contributed by atoms with Gasteiger partial charge in [-0.05, 0) is 26.0 Å². The summed E-state index contributed by atoms with van der Waals surface area (Å²) in [5.41, 5.74) is 7.32. The molecule has 2 rings (SSSR count). The normalized spacial score (nSPS) is 18.1. The number of carbonyl (C=O) groups is 1. The molecule has 20 heavy (non-hydrogen) atoms. The van der Waals surface area contributed by atoms with Gasteiger partial charge in [-0.25, -0.2) is 0 Å². The summed E-state index contributed by atoms with van der Waals surface area (Å²) in [7, 11) is 1.82. The highest BCUT2D eigenvalue weighted by molar-refractivity contribution is 8.02. The molecule has 1 aromatic rings. The lowest BCUT2D eigenvalue weighted by atomic mass is 9.95. The van der Waals surface area contributed by atoms with Crippen LogP contribution in [-0.4, -0.2) is 49.7 Å². The Morgan fingerprint density at radius 3 is 2.50 bits per heavy atom. The average Bonchev–Trinajstić information content (AvgIpc) is 2.76. The van der Waals surface area contributed by atoms with Crippen LogP contribution in [0.25, 0.3) is 0 Å². The first-order valence-corrected chi connectivity index (χ1v) is 8.17. The van der Waals surface area contributed by atoms with Crippen molar-refractivity contribution in [3.63, 3.8) is 0 Å². The summed E-state index contributed by atoms with van der Waals surface area (Å²) >= 11 is 6.89. The van der Waals surface area contributed by atoms with Gasteiger partial charge in [-0.15, -0.1) is 0 Å². The Hall–Kier alpha value is -1.08. The molecule has 0 spiro atoms. The maximum atomic E-state index is 12.5. The summed E-state index contributed by atoms with van der Waals surface area (Å²) in [6.07, 6.45) is 5.44. The number of carbonyl (C=O) groups excluding carboxylic acids is 1. The second-order valence-corrected chi connectivity index (χ2v) is 6.79. The zero-order valence-electron chi connectivity index (χ0n) is 12.0. The molecule has 5 nitrogen and oxygen atoms in total. The Labute approximate surface area is 128 Å². The van der Waals surface area contributed by atoms with Crippen LogP contribution in [0.1, 0.15) is 28.9 Å². The minimum absolute atomic E-state index is 0.0493. The number of thioether (sulfide) groups is 1. The smallest absolute Gasteiger partial charge is 0.257 e. The van der Waals surface area contributed by atoms with E-state index in [1.807, 2.05) is 25.1 Å². The fraction of sp³-hybridized carbons (Fsp3) is 0.615. The minimum atomic E-state index is -0.157. The van der Waals surface area contributed by atoms with E-state index < -0.39 is 0 Å². The topological polar surface area (TPSA) is 64.2 Å². The highest BCUT2D eigenvalue weighted by atomic mass is 32.2. The molecular formula is C13H20N4OS2. The third-order valence-electron chi connectivity index (χ3n) is 3.94. The van der Waals surface area contributed by atoms with Crippen molar-refractivity contribution in [3.05, 3.63) is 17.5 Å². The van der Waals surface area contributed by atoms with E-state index in [0.29, 0.717) is 23.6 Å². The van der Waals surface area contributed by atoms with Gasteiger partial charge in [-0.2, -0.15) is 16.9 Å². The monoisotopic (exact) mass is 312 g/mol. The number of aryl methyl sites for hydroxylation is 2. The van der Waals surface area contributed by atoms with Crippen LogP contribution >= 0.6 is 24.0 Å². The second kappa shape index (κ2) is 5.73. The number of aromatic nitrogens is 2. The molecule has 110 valence electrons. The molecule has 0 aliphatic carbocycles. The predicted octanol–water partition coefficient (Wildman–Crippen LogP) is 1.35. The van der Waals surface area contributed by atoms with Gasteiger partial charge in [0.1, 0.15) is 0 Å². The third kappa shape index (κ3) is 2.69. The van der Waals surface area contributed by atoms with Gasteiger partial charge < -0.3 is 10.6 Å². The van der Waals surface area contributed by atoms with Crippen molar-refractivity contribution in [1.29, 1.82) is 0 Å². The maximum absolute atomic E-state index is 12.5. The lowest BCUT2D eigenvalue weighted by Gasteiger charge is -2.40. The molecule has 2 heterocycles. The fourth-order valence-electron chi connectivity index (χ4n) is 2.60. The van der Waals surface area contributed by atoms with Crippen LogP contribution in [-0.2, 0) is 7.05 Å². The largest absolute Gasteiger partial charge is 0.392 e. The van der Waals surface area contributed by atoms with Crippen LogP contribution in [0.15, 0.2) is 6.20 Å². The molecule has 1 amide bonds. The molecule has 7 heteroatoms. The molecule has 0 radical (unpaired) electrons. The van der Waals surface area contributed by atoms with Crippen LogP contribution in [0.2, 0.25) is 0 Å². The molecule has 1 aromatic heterocycles.